The molecule has 0 bridgehead atoms. The third kappa shape index (κ3) is 5.47. The minimum atomic E-state index is -0.351. The molecule has 5 heteroatoms. The fourth-order valence-electron chi connectivity index (χ4n) is 2.95. The zero-order chi connectivity index (χ0) is 21.5. The number of esters is 1. The van der Waals surface area contributed by atoms with E-state index >= 15 is 0 Å². The van der Waals surface area contributed by atoms with Crippen molar-refractivity contribution in [3.8, 4) is 11.5 Å². The molecule has 0 aliphatic rings. The van der Waals surface area contributed by atoms with E-state index in [1.165, 1.54) is 0 Å². The van der Waals surface area contributed by atoms with Crippen molar-refractivity contribution in [2.45, 2.75) is 20.3 Å². The minimum Gasteiger partial charge on any atom is -0.494 e. The first-order valence-electron chi connectivity index (χ1n) is 9.83. The monoisotopic (exact) mass is 403 g/mol. The molecular weight excluding hydrogens is 378 g/mol. The second-order valence-electron chi connectivity index (χ2n) is 6.95. The van der Waals surface area contributed by atoms with Gasteiger partial charge in [-0.2, -0.15) is 0 Å². The van der Waals surface area contributed by atoms with Gasteiger partial charge in [-0.05, 0) is 67.9 Å². The highest BCUT2D eigenvalue weighted by Crippen LogP contribution is 2.21. The SMILES string of the molecule is CCOc1ccc(CC(=O)Oc2ccc(N(C)C(=O)c3ccc(C)cc3)cc2)cc1. The van der Waals surface area contributed by atoms with Crippen molar-refractivity contribution in [1.29, 1.82) is 0 Å². The van der Waals surface area contributed by atoms with E-state index in [1.54, 1.807) is 36.2 Å². The number of nitrogens with zero attached hydrogens (tertiary/aromatic N) is 1. The van der Waals surface area contributed by atoms with Crippen molar-refractivity contribution in [2.75, 3.05) is 18.6 Å². The summed E-state index contributed by atoms with van der Waals surface area (Å²) >= 11 is 0. The second kappa shape index (κ2) is 9.74. The standard InChI is InChI=1S/C25H25NO4/c1-4-29-22-13-7-19(8-14-22)17-24(27)30-23-15-11-21(12-16-23)26(3)25(28)20-9-5-18(2)6-10-20/h5-16H,4,17H2,1-3H3. The quantitative estimate of drug-likeness (QED) is 0.419. The molecular formula is C25H25NO4. The lowest BCUT2D eigenvalue weighted by Crippen LogP contribution is -2.26. The third-order valence-electron chi connectivity index (χ3n) is 4.64. The lowest BCUT2D eigenvalue weighted by molar-refractivity contribution is -0.133. The normalized spacial score (nSPS) is 10.4. The molecule has 0 aliphatic carbocycles. The molecule has 0 saturated heterocycles. The molecule has 3 aromatic carbocycles. The Morgan fingerprint density at radius 1 is 0.833 bits per heavy atom. The van der Waals surface area contributed by atoms with Crippen LogP contribution in [-0.4, -0.2) is 25.5 Å². The molecule has 5 nitrogen and oxygen atoms in total. The van der Waals surface area contributed by atoms with Crippen molar-refractivity contribution >= 4 is 17.6 Å². The molecule has 0 aromatic heterocycles. The molecule has 1 amide bonds. The molecule has 0 heterocycles. The summed E-state index contributed by atoms with van der Waals surface area (Å²) in [7, 11) is 1.72. The number of aryl methyl sites for hydroxylation is 1. The van der Waals surface area contributed by atoms with E-state index in [0.29, 0.717) is 23.6 Å². The van der Waals surface area contributed by atoms with E-state index in [4.69, 9.17) is 9.47 Å². The fourth-order valence-corrected chi connectivity index (χ4v) is 2.95. The summed E-state index contributed by atoms with van der Waals surface area (Å²) in [5.74, 6) is 0.756. The number of anilines is 1. The Balaban J connectivity index is 1.58. The van der Waals surface area contributed by atoms with Crippen molar-refractivity contribution in [3.63, 3.8) is 0 Å². The summed E-state index contributed by atoms with van der Waals surface area (Å²) in [5.41, 5.74) is 3.29. The maximum absolute atomic E-state index is 12.6. The number of carbonyl (C=O) groups is 2. The van der Waals surface area contributed by atoms with Crippen LogP contribution in [0, 0.1) is 6.92 Å². The van der Waals surface area contributed by atoms with Gasteiger partial charge in [-0.3, -0.25) is 9.59 Å². The van der Waals surface area contributed by atoms with Gasteiger partial charge in [-0.1, -0.05) is 29.8 Å². The number of hydrogen-bond acceptors (Lipinski definition) is 4. The number of rotatable bonds is 7. The third-order valence-corrected chi connectivity index (χ3v) is 4.64. The highest BCUT2D eigenvalue weighted by molar-refractivity contribution is 6.05. The van der Waals surface area contributed by atoms with Gasteiger partial charge in [0.15, 0.2) is 0 Å². The van der Waals surface area contributed by atoms with Crippen molar-refractivity contribution in [1.82, 2.24) is 0 Å². The van der Waals surface area contributed by atoms with Gasteiger partial charge >= 0.3 is 5.97 Å². The first-order chi connectivity index (χ1) is 14.5. The lowest BCUT2D eigenvalue weighted by Gasteiger charge is -2.18. The predicted molar refractivity (Wildman–Crippen MR) is 117 cm³/mol. The van der Waals surface area contributed by atoms with E-state index in [0.717, 1.165) is 16.9 Å². The summed E-state index contributed by atoms with van der Waals surface area (Å²) in [4.78, 5) is 26.4. The van der Waals surface area contributed by atoms with Gasteiger partial charge in [-0.25, -0.2) is 0 Å². The van der Waals surface area contributed by atoms with E-state index < -0.39 is 0 Å². The Kier molecular flexibility index (Phi) is 6.86. The van der Waals surface area contributed by atoms with Crippen LogP contribution in [0.1, 0.15) is 28.4 Å². The number of benzene rings is 3. The van der Waals surface area contributed by atoms with Crippen LogP contribution in [0.15, 0.2) is 72.8 Å². The Labute approximate surface area is 176 Å². The Hall–Kier alpha value is -3.60. The fraction of sp³-hybridized carbons (Fsp3) is 0.200. The molecule has 0 radical (unpaired) electrons. The van der Waals surface area contributed by atoms with E-state index in [1.807, 2.05) is 62.4 Å². The van der Waals surface area contributed by atoms with Crippen LogP contribution in [0.25, 0.3) is 0 Å². The zero-order valence-corrected chi connectivity index (χ0v) is 17.4. The van der Waals surface area contributed by atoms with E-state index in [-0.39, 0.29) is 18.3 Å². The molecule has 0 atom stereocenters. The molecule has 0 saturated carbocycles. The van der Waals surface area contributed by atoms with Gasteiger partial charge in [0.05, 0.1) is 13.0 Å². The molecule has 0 aliphatic heterocycles. The average Bonchev–Trinajstić information content (AvgIpc) is 2.75. The van der Waals surface area contributed by atoms with Gasteiger partial charge in [0, 0.05) is 18.3 Å². The topological polar surface area (TPSA) is 55.8 Å². The van der Waals surface area contributed by atoms with Crippen molar-refractivity contribution < 1.29 is 19.1 Å². The number of hydrogen-bond donors (Lipinski definition) is 0. The van der Waals surface area contributed by atoms with E-state index in [2.05, 4.69) is 0 Å². The molecule has 154 valence electrons. The molecule has 0 fully saturated rings. The van der Waals surface area contributed by atoms with Crippen LogP contribution in [-0.2, 0) is 11.2 Å². The second-order valence-corrected chi connectivity index (χ2v) is 6.95. The largest absolute Gasteiger partial charge is 0.494 e. The molecule has 0 N–H and O–H groups in total. The Bertz CT molecular complexity index is 993. The first kappa shape index (κ1) is 21.1. The van der Waals surface area contributed by atoms with Crippen LogP contribution in [0.4, 0.5) is 5.69 Å². The minimum absolute atomic E-state index is 0.102. The molecule has 3 rings (SSSR count). The molecule has 30 heavy (non-hydrogen) atoms. The summed E-state index contributed by atoms with van der Waals surface area (Å²) in [5, 5.41) is 0. The van der Waals surface area contributed by atoms with Crippen LogP contribution in [0.2, 0.25) is 0 Å². The highest BCUT2D eigenvalue weighted by Gasteiger charge is 2.14. The summed E-state index contributed by atoms with van der Waals surface area (Å²) < 4.78 is 10.8. The average molecular weight is 403 g/mol. The summed E-state index contributed by atoms with van der Waals surface area (Å²) in [6.07, 6.45) is 0.167. The van der Waals surface area contributed by atoms with Gasteiger partial charge in [-0.15, -0.1) is 0 Å². The van der Waals surface area contributed by atoms with E-state index in [9.17, 15) is 9.59 Å². The maximum Gasteiger partial charge on any atom is 0.315 e. The predicted octanol–water partition coefficient (Wildman–Crippen LogP) is 4.82. The summed E-state index contributed by atoms with van der Waals surface area (Å²) in [6, 6.07) is 21.7. The van der Waals surface area contributed by atoms with Crippen LogP contribution < -0.4 is 14.4 Å². The van der Waals surface area contributed by atoms with Crippen molar-refractivity contribution in [2.24, 2.45) is 0 Å². The van der Waals surface area contributed by atoms with Crippen LogP contribution >= 0.6 is 0 Å². The van der Waals surface area contributed by atoms with Crippen molar-refractivity contribution in [3.05, 3.63) is 89.5 Å². The summed E-state index contributed by atoms with van der Waals surface area (Å²) in [6.45, 7) is 4.50. The smallest absolute Gasteiger partial charge is 0.315 e. The molecule has 3 aromatic rings. The highest BCUT2D eigenvalue weighted by atomic mass is 16.5. The lowest BCUT2D eigenvalue weighted by atomic mass is 10.1. The molecule has 0 unspecified atom stereocenters. The van der Waals surface area contributed by atoms with Gasteiger partial charge in [0.25, 0.3) is 5.91 Å². The number of amides is 1. The molecule has 0 spiro atoms. The number of ether oxygens (including phenoxy) is 2. The Morgan fingerprint density at radius 2 is 1.43 bits per heavy atom. The van der Waals surface area contributed by atoms with Gasteiger partial charge < -0.3 is 14.4 Å². The van der Waals surface area contributed by atoms with Crippen LogP contribution in [0.3, 0.4) is 0 Å². The maximum atomic E-state index is 12.6. The van der Waals surface area contributed by atoms with Gasteiger partial charge in [0.1, 0.15) is 11.5 Å². The van der Waals surface area contributed by atoms with Gasteiger partial charge in [0.2, 0.25) is 0 Å². The first-order valence-corrected chi connectivity index (χ1v) is 9.83. The zero-order valence-electron chi connectivity index (χ0n) is 17.4. The van der Waals surface area contributed by atoms with Crippen LogP contribution in [0.5, 0.6) is 11.5 Å². The Morgan fingerprint density at radius 3 is 2.03 bits per heavy atom. The number of carbonyl (C=O) groups excluding carboxylic acids is 2.